The second-order valence-electron chi connectivity index (χ2n) is 4.55. The van der Waals surface area contributed by atoms with Gasteiger partial charge in [0, 0.05) is 19.2 Å². The zero-order chi connectivity index (χ0) is 14.2. The second kappa shape index (κ2) is 5.89. The summed E-state index contributed by atoms with van der Waals surface area (Å²) in [6.07, 6.45) is -0.968. The maximum absolute atomic E-state index is 14.1. The third-order valence-electron chi connectivity index (χ3n) is 3.01. The number of rotatable bonds is 2. The fourth-order valence-electron chi connectivity index (χ4n) is 2.15. The molecule has 2 rings (SSSR count). The van der Waals surface area contributed by atoms with Crippen molar-refractivity contribution in [2.24, 2.45) is 0 Å². The molecule has 0 radical (unpaired) electrons. The molecule has 1 nitrogen and oxygen atoms in total. The lowest BCUT2D eigenvalue weighted by Crippen LogP contribution is -2.07. The highest BCUT2D eigenvalue weighted by Crippen LogP contribution is 2.33. The van der Waals surface area contributed by atoms with Crippen molar-refractivity contribution in [1.29, 1.82) is 0 Å². The van der Waals surface area contributed by atoms with Gasteiger partial charge >= 0.3 is 0 Å². The van der Waals surface area contributed by atoms with Crippen molar-refractivity contribution >= 4 is 38.5 Å². The van der Waals surface area contributed by atoms with E-state index in [4.69, 9.17) is 0 Å². The summed E-state index contributed by atoms with van der Waals surface area (Å²) in [6.45, 7) is 3.66. The number of halogens is 3. The van der Waals surface area contributed by atoms with E-state index in [-0.39, 0.29) is 5.82 Å². The summed E-state index contributed by atoms with van der Waals surface area (Å²) in [5.74, 6) is -0.365. The van der Waals surface area contributed by atoms with E-state index < -0.39 is 6.10 Å². The standard InChI is InChI=1S/C15H13BrFIO/c1-8-5-9(2)14(13(17)6-8)15(19)11-7-10(18)3-4-12(11)16/h3-7,15,19H,1-2H3. The monoisotopic (exact) mass is 434 g/mol. The molecular weight excluding hydrogens is 422 g/mol. The molecule has 0 amide bonds. The molecule has 0 aromatic heterocycles. The summed E-state index contributed by atoms with van der Waals surface area (Å²) in [5.41, 5.74) is 2.63. The molecule has 1 unspecified atom stereocenters. The van der Waals surface area contributed by atoms with Crippen LogP contribution in [-0.4, -0.2) is 5.11 Å². The summed E-state index contributed by atoms with van der Waals surface area (Å²) >= 11 is 5.58. The average molecular weight is 435 g/mol. The molecule has 0 bridgehead atoms. The van der Waals surface area contributed by atoms with Gasteiger partial charge < -0.3 is 5.11 Å². The Morgan fingerprint density at radius 2 is 1.89 bits per heavy atom. The molecule has 19 heavy (non-hydrogen) atoms. The highest BCUT2D eigenvalue weighted by atomic mass is 127. The van der Waals surface area contributed by atoms with Crippen molar-refractivity contribution in [3.8, 4) is 0 Å². The lowest BCUT2D eigenvalue weighted by atomic mass is 9.95. The van der Waals surface area contributed by atoms with Crippen molar-refractivity contribution in [1.82, 2.24) is 0 Å². The fraction of sp³-hybridized carbons (Fsp3) is 0.200. The van der Waals surface area contributed by atoms with Crippen molar-refractivity contribution in [2.45, 2.75) is 20.0 Å². The first-order valence-corrected chi connectivity index (χ1v) is 7.67. The van der Waals surface area contributed by atoms with Crippen LogP contribution in [0.5, 0.6) is 0 Å². The van der Waals surface area contributed by atoms with E-state index in [2.05, 4.69) is 38.5 Å². The van der Waals surface area contributed by atoms with Gasteiger partial charge in [0.15, 0.2) is 0 Å². The van der Waals surface area contributed by atoms with Gasteiger partial charge in [0.1, 0.15) is 11.9 Å². The minimum atomic E-state index is -0.968. The number of aryl methyl sites for hydroxylation is 2. The SMILES string of the molecule is Cc1cc(C)c(C(O)c2cc(I)ccc2Br)c(F)c1. The van der Waals surface area contributed by atoms with Crippen LogP contribution in [0.15, 0.2) is 34.8 Å². The van der Waals surface area contributed by atoms with Gasteiger partial charge in [-0.3, -0.25) is 0 Å². The quantitative estimate of drug-likeness (QED) is 0.667. The summed E-state index contributed by atoms with van der Waals surface area (Å²) < 4.78 is 15.9. The molecule has 0 aliphatic heterocycles. The Kier molecular flexibility index (Phi) is 4.63. The summed E-state index contributed by atoms with van der Waals surface area (Å²) in [5, 5.41) is 10.5. The maximum atomic E-state index is 14.1. The Balaban J connectivity index is 2.56. The van der Waals surface area contributed by atoms with Crippen LogP contribution < -0.4 is 0 Å². The Morgan fingerprint density at radius 3 is 2.53 bits per heavy atom. The molecule has 2 aromatic carbocycles. The van der Waals surface area contributed by atoms with Gasteiger partial charge in [-0.2, -0.15) is 0 Å². The largest absolute Gasteiger partial charge is 0.383 e. The number of benzene rings is 2. The van der Waals surface area contributed by atoms with Gasteiger partial charge in [0.05, 0.1) is 0 Å². The molecule has 100 valence electrons. The van der Waals surface area contributed by atoms with Crippen LogP contribution in [0.1, 0.15) is 28.4 Å². The van der Waals surface area contributed by atoms with Gasteiger partial charge in [0.25, 0.3) is 0 Å². The number of hydrogen-bond donors (Lipinski definition) is 1. The van der Waals surface area contributed by atoms with Crippen LogP contribution in [0, 0.1) is 23.2 Å². The summed E-state index contributed by atoms with van der Waals surface area (Å²) in [4.78, 5) is 0. The number of aliphatic hydroxyl groups excluding tert-OH is 1. The van der Waals surface area contributed by atoms with Gasteiger partial charge in [-0.05, 0) is 71.8 Å². The van der Waals surface area contributed by atoms with Gasteiger partial charge in [-0.1, -0.05) is 22.0 Å². The molecule has 1 atom stereocenters. The molecule has 2 aromatic rings. The van der Waals surface area contributed by atoms with Crippen LogP contribution in [-0.2, 0) is 0 Å². The van der Waals surface area contributed by atoms with E-state index in [0.29, 0.717) is 11.1 Å². The minimum absolute atomic E-state index is 0.341. The van der Waals surface area contributed by atoms with Crippen LogP contribution in [0.4, 0.5) is 4.39 Å². The third kappa shape index (κ3) is 3.17. The van der Waals surface area contributed by atoms with Crippen LogP contribution in [0.2, 0.25) is 0 Å². The average Bonchev–Trinajstić information content (AvgIpc) is 2.30. The summed E-state index contributed by atoms with van der Waals surface area (Å²) in [7, 11) is 0. The predicted octanol–water partition coefficient (Wildman–Crippen LogP) is 4.89. The summed E-state index contributed by atoms with van der Waals surface area (Å²) in [6, 6.07) is 8.98. The lowest BCUT2D eigenvalue weighted by molar-refractivity contribution is 0.213. The highest BCUT2D eigenvalue weighted by molar-refractivity contribution is 14.1. The van der Waals surface area contributed by atoms with E-state index in [1.165, 1.54) is 6.07 Å². The second-order valence-corrected chi connectivity index (χ2v) is 6.65. The van der Waals surface area contributed by atoms with Crippen molar-refractivity contribution in [2.75, 3.05) is 0 Å². The highest BCUT2D eigenvalue weighted by Gasteiger charge is 2.20. The number of hydrogen-bond acceptors (Lipinski definition) is 1. The molecule has 4 heteroatoms. The molecule has 0 aliphatic carbocycles. The fourth-order valence-corrected chi connectivity index (χ4v) is 3.13. The molecule has 0 spiro atoms. The Bertz CT molecular complexity index is 605. The molecule has 0 fully saturated rings. The van der Waals surface area contributed by atoms with Crippen LogP contribution in [0.25, 0.3) is 0 Å². The molecule has 0 aliphatic rings. The topological polar surface area (TPSA) is 20.2 Å². The molecule has 1 N–H and O–H groups in total. The normalized spacial score (nSPS) is 12.5. The predicted molar refractivity (Wildman–Crippen MR) is 86.8 cm³/mol. The Labute approximate surface area is 134 Å². The van der Waals surface area contributed by atoms with E-state index in [9.17, 15) is 9.50 Å². The zero-order valence-corrected chi connectivity index (χ0v) is 14.3. The van der Waals surface area contributed by atoms with Gasteiger partial charge in [-0.25, -0.2) is 4.39 Å². The van der Waals surface area contributed by atoms with Gasteiger partial charge in [0.2, 0.25) is 0 Å². The molecule has 0 heterocycles. The van der Waals surface area contributed by atoms with E-state index in [1.807, 2.05) is 38.1 Å². The molecular formula is C15H13BrFIO. The van der Waals surface area contributed by atoms with E-state index in [1.54, 1.807) is 0 Å². The van der Waals surface area contributed by atoms with Crippen LogP contribution >= 0.6 is 38.5 Å². The Morgan fingerprint density at radius 1 is 1.21 bits per heavy atom. The van der Waals surface area contributed by atoms with Gasteiger partial charge in [-0.15, -0.1) is 0 Å². The van der Waals surface area contributed by atoms with E-state index in [0.717, 1.165) is 19.2 Å². The zero-order valence-electron chi connectivity index (χ0n) is 10.5. The van der Waals surface area contributed by atoms with Crippen molar-refractivity contribution in [3.63, 3.8) is 0 Å². The lowest BCUT2D eigenvalue weighted by Gasteiger charge is -2.17. The van der Waals surface area contributed by atoms with Crippen molar-refractivity contribution in [3.05, 3.63) is 66.4 Å². The number of aliphatic hydroxyl groups is 1. The van der Waals surface area contributed by atoms with Crippen molar-refractivity contribution < 1.29 is 9.50 Å². The molecule has 0 saturated carbocycles. The first-order valence-electron chi connectivity index (χ1n) is 5.80. The first kappa shape index (κ1) is 14.9. The van der Waals surface area contributed by atoms with E-state index >= 15 is 0 Å². The third-order valence-corrected chi connectivity index (χ3v) is 4.40. The minimum Gasteiger partial charge on any atom is -0.383 e. The molecule has 0 saturated heterocycles. The Hall–Kier alpha value is -0.460. The van der Waals surface area contributed by atoms with Crippen LogP contribution in [0.3, 0.4) is 0 Å². The maximum Gasteiger partial charge on any atom is 0.129 e. The first-order chi connectivity index (χ1) is 8.90. The smallest absolute Gasteiger partial charge is 0.129 e.